The zero-order chi connectivity index (χ0) is 18.1. The number of furan rings is 1. The highest BCUT2D eigenvalue weighted by Gasteiger charge is 2.20. The monoisotopic (exact) mass is 347 g/mol. The highest BCUT2D eigenvalue weighted by atomic mass is 16.5. The average molecular weight is 347 g/mol. The number of aliphatic hydroxyl groups is 1. The molecule has 3 aromatic carbocycles. The number of methoxy groups -OCH3 is 1. The van der Waals surface area contributed by atoms with Gasteiger partial charge in [0, 0.05) is 16.8 Å². The van der Waals surface area contributed by atoms with Crippen LogP contribution in [0.2, 0.25) is 0 Å². The molecule has 0 saturated carbocycles. The van der Waals surface area contributed by atoms with Gasteiger partial charge in [0.05, 0.1) is 12.8 Å². The molecule has 2 N–H and O–H groups in total. The first-order valence-electron chi connectivity index (χ1n) is 8.20. The molecule has 4 rings (SSSR count). The van der Waals surface area contributed by atoms with Crippen LogP contribution >= 0.6 is 0 Å². The van der Waals surface area contributed by atoms with Crippen molar-refractivity contribution in [1.82, 2.24) is 0 Å². The minimum atomic E-state index is -1.27. The molecular formula is C21H17NO4. The Labute approximate surface area is 149 Å². The van der Waals surface area contributed by atoms with Crippen molar-refractivity contribution < 1.29 is 19.1 Å². The van der Waals surface area contributed by atoms with Gasteiger partial charge in [0.2, 0.25) is 0 Å². The van der Waals surface area contributed by atoms with Gasteiger partial charge in [-0.3, -0.25) is 4.79 Å². The third-order valence-corrected chi connectivity index (χ3v) is 4.32. The summed E-state index contributed by atoms with van der Waals surface area (Å²) in [4.78, 5) is 12.4. The van der Waals surface area contributed by atoms with E-state index in [-0.39, 0.29) is 0 Å². The Morgan fingerprint density at radius 3 is 2.50 bits per heavy atom. The normalized spacial score (nSPS) is 12.2. The number of carbonyl (C=O) groups excluding carboxylic acids is 1. The van der Waals surface area contributed by atoms with E-state index in [1.807, 2.05) is 36.4 Å². The van der Waals surface area contributed by atoms with Gasteiger partial charge in [-0.1, -0.05) is 48.5 Å². The van der Waals surface area contributed by atoms with E-state index in [2.05, 4.69) is 5.32 Å². The lowest BCUT2D eigenvalue weighted by molar-refractivity contribution is -0.124. The second kappa shape index (κ2) is 6.54. The fraction of sp³-hybridized carbons (Fsp3) is 0.0952. The van der Waals surface area contributed by atoms with Crippen LogP contribution in [0.25, 0.3) is 21.9 Å². The number of amides is 1. The number of para-hydroxylation sites is 1. The van der Waals surface area contributed by atoms with E-state index in [4.69, 9.17) is 9.15 Å². The summed E-state index contributed by atoms with van der Waals surface area (Å²) in [6.45, 7) is 0. The average Bonchev–Trinajstić information content (AvgIpc) is 3.04. The van der Waals surface area contributed by atoms with Gasteiger partial charge in [0.15, 0.2) is 6.10 Å². The maximum Gasteiger partial charge on any atom is 0.257 e. The van der Waals surface area contributed by atoms with Crippen LogP contribution in [0.4, 0.5) is 5.69 Å². The van der Waals surface area contributed by atoms with Crippen molar-refractivity contribution in [3.05, 3.63) is 72.3 Å². The Morgan fingerprint density at radius 1 is 1.00 bits per heavy atom. The lowest BCUT2D eigenvalue weighted by atomic mass is 10.1. The second-order valence-corrected chi connectivity index (χ2v) is 5.95. The summed E-state index contributed by atoms with van der Waals surface area (Å²) in [6.07, 6.45) is -1.27. The number of hydrogen-bond acceptors (Lipinski definition) is 4. The molecule has 0 aliphatic heterocycles. The number of ether oxygens (including phenoxy) is 1. The Hall–Kier alpha value is -3.31. The molecule has 0 fully saturated rings. The molecule has 0 aliphatic carbocycles. The molecule has 0 spiro atoms. The molecule has 130 valence electrons. The van der Waals surface area contributed by atoms with E-state index < -0.39 is 12.0 Å². The lowest BCUT2D eigenvalue weighted by Crippen LogP contribution is -2.21. The summed E-state index contributed by atoms with van der Waals surface area (Å²) in [5.74, 6) is -0.0392. The van der Waals surface area contributed by atoms with Crippen molar-refractivity contribution in [2.24, 2.45) is 0 Å². The van der Waals surface area contributed by atoms with Gasteiger partial charge in [-0.25, -0.2) is 0 Å². The summed E-state index contributed by atoms with van der Waals surface area (Å²) in [7, 11) is 1.53. The molecular weight excluding hydrogens is 330 g/mol. The fourth-order valence-corrected chi connectivity index (χ4v) is 3.01. The summed E-state index contributed by atoms with van der Waals surface area (Å²) in [6, 6.07) is 20.0. The quantitative estimate of drug-likeness (QED) is 0.578. The predicted molar refractivity (Wildman–Crippen MR) is 100 cm³/mol. The van der Waals surface area contributed by atoms with E-state index in [1.54, 1.807) is 30.3 Å². The van der Waals surface area contributed by atoms with Crippen LogP contribution in [0, 0.1) is 0 Å². The number of anilines is 1. The summed E-state index contributed by atoms with van der Waals surface area (Å²) in [5, 5.41) is 14.9. The molecule has 0 bridgehead atoms. The van der Waals surface area contributed by atoms with Gasteiger partial charge < -0.3 is 19.6 Å². The van der Waals surface area contributed by atoms with Crippen LogP contribution in [-0.2, 0) is 4.79 Å². The number of hydrogen-bond donors (Lipinski definition) is 2. The Bertz CT molecular complexity index is 1090. The molecule has 5 nitrogen and oxygen atoms in total. The second-order valence-electron chi connectivity index (χ2n) is 5.95. The van der Waals surface area contributed by atoms with E-state index in [1.165, 1.54) is 7.11 Å². The maximum atomic E-state index is 12.4. The third kappa shape index (κ3) is 2.78. The molecule has 4 aromatic rings. The van der Waals surface area contributed by atoms with Gasteiger partial charge >= 0.3 is 0 Å². The highest BCUT2D eigenvalue weighted by Crippen LogP contribution is 2.36. The lowest BCUT2D eigenvalue weighted by Gasteiger charge is -2.14. The molecule has 26 heavy (non-hydrogen) atoms. The number of benzene rings is 3. The molecule has 1 aromatic heterocycles. The number of nitrogens with one attached hydrogen (secondary N) is 1. The van der Waals surface area contributed by atoms with Crippen LogP contribution in [0.5, 0.6) is 5.75 Å². The SMILES string of the molecule is COc1cc2c(cc1NC(=O)C(O)c1ccccc1)oc1ccccc12. The van der Waals surface area contributed by atoms with Crippen LogP contribution in [0.3, 0.4) is 0 Å². The Kier molecular flexibility index (Phi) is 4.07. The first-order valence-corrected chi connectivity index (χ1v) is 8.20. The van der Waals surface area contributed by atoms with Crippen molar-refractivity contribution in [2.75, 3.05) is 12.4 Å². The summed E-state index contributed by atoms with van der Waals surface area (Å²) in [5.41, 5.74) is 2.36. The predicted octanol–water partition coefficient (Wildman–Crippen LogP) is 4.27. The van der Waals surface area contributed by atoms with Crippen molar-refractivity contribution in [1.29, 1.82) is 0 Å². The van der Waals surface area contributed by atoms with E-state index in [0.29, 0.717) is 22.6 Å². The van der Waals surface area contributed by atoms with Gasteiger partial charge in [0.1, 0.15) is 16.9 Å². The van der Waals surface area contributed by atoms with Crippen LogP contribution < -0.4 is 10.1 Å². The smallest absolute Gasteiger partial charge is 0.257 e. The van der Waals surface area contributed by atoms with Crippen molar-refractivity contribution >= 4 is 33.5 Å². The Morgan fingerprint density at radius 2 is 1.73 bits per heavy atom. The van der Waals surface area contributed by atoms with E-state index in [0.717, 1.165) is 16.4 Å². The molecule has 1 atom stereocenters. The van der Waals surface area contributed by atoms with Crippen LogP contribution in [0.15, 0.2) is 71.1 Å². The number of rotatable bonds is 4. The van der Waals surface area contributed by atoms with E-state index in [9.17, 15) is 9.90 Å². The number of fused-ring (bicyclic) bond motifs is 3. The molecule has 0 aliphatic rings. The molecule has 5 heteroatoms. The van der Waals surface area contributed by atoms with Crippen molar-refractivity contribution in [3.8, 4) is 5.75 Å². The number of aliphatic hydroxyl groups excluding tert-OH is 1. The molecule has 0 radical (unpaired) electrons. The van der Waals surface area contributed by atoms with Gasteiger partial charge in [-0.05, 0) is 17.7 Å². The Balaban J connectivity index is 1.71. The third-order valence-electron chi connectivity index (χ3n) is 4.32. The van der Waals surface area contributed by atoms with Gasteiger partial charge in [0.25, 0.3) is 5.91 Å². The van der Waals surface area contributed by atoms with Crippen LogP contribution in [-0.4, -0.2) is 18.1 Å². The fourth-order valence-electron chi connectivity index (χ4n) is 3.01. The zero-order valence-electron chi connectivity index (χ0n) is 14.1. The first-order chi connectivity index (χ1) is 12.7. The van der Waals surface area contributed by atoms with E-state index >= 15 is 0 Å². The standard InChI is InChI=1S/C21H17NO4/c1-25-19-11-15-14-9-5-6-10-17(14)26-18(15)12-16(19)22-21(24)20(23)13-7-3-2-4-8-13/h2-12,20,23H,1H3,(H,22,24). The van der Waals surface area contributed by atoms with Gasteiger partial charge in [-0.15, -0.1) is 0 Å². The first kappa shape index (κ1) is 16.2. The molecule has 1 unspecified atom stereocenters. The maximum absolute atomic E-state index is 12.4. The highest BCUT2D eigenvalue weighted by molar-refractivity contribution is 6.08. The molecule has 1 amide bonds. The minimum absolute atomic E-state index is 0.444. The van der Waals surface area contributed by atoms with Crippen molar-refractivity contribution in [3.63, 3.8) is 0 Å². The van der Waals surface area contributed by atoms with Gasteiger partial charge in [-0.2, -0.15) is 0 Å². The topological polar surface area (TPSA) is 71.7 Å². The summed E-state index contributed by atoms with van der Waals surface area (Å²) >= 11 is 0. The van der Waals surface area contributed by atoms with Crippen LogP contribution in [0.1, 0.15) is 11.7 Å². The molecule has 0 saturated heterocycles. The van der Waals surface area contributed by atoms with Crippen molar-refractivity contribution in [2.45, 2.75) is 6.10 Å². The zero-order valence-corrected chi connectivity index (χ0v) is 14.1. The minimum Gasteiger partial charge on any atom is -0.495 e. The number of carbonyl (C=O) groups is 1. The largest absolute Gasteiger partial charge is 0.495 e. The molecule has 1 heterocycles. The summed E-state index contributed by atoms with van der Waals surface area (Å²) < 4.78 is 11.3.